The van der Waals surface area contributed by atoms with Gasteiger partial charge in [0.15, 0.2) is 0 Å². The smallest absolute Gasteiger partial charge is 0.0489 e. The molecule has 1 heterocycles. The normalized spacial score (nSPS) is 22.2. The van der Waals surface area contributed by atoms with E-state index >= 15 is 0 Å². The van der Waals surface area contributed by atoms with Crippen LogP contribution in [0, 0.1) is 12.8 Å². The zero-order valence-corrected chi connectivity index (χ0v) is 13.8. The molecule has 2 unspecified atom stereocenters. The van der Waals surface area contributed by atoms with E-state index in [1.165, 1.54) is 48.2 Å². The van der Waals surface area contributed by atoms with Crippen molar-refractivity contribution < 1.29 is 0 Å². The minimum absolute atomic E-state index is 0.521. The lowest BCUT2D eigenvalue weighted by molar-refractivity contribution is 0.172. The van der Waals surface area contributed by atoms with Crippen LogP contribution in [0.5, 0.6) is 0 Å². The van der Waals surface area contributed by atoms with Gasteiger partial charge < -0.3 is 10.2 Å². The molecule has 1 aliphatic heterocycles. The van der Waals surface area contributed by atoms with Crippen LogP contribution in [0.25, 0.3) is 0 Å². The molecule has 1 N–H and O–H groups in total. The monoisotopic (exact) mass is 324 g/mol. The van der Waals surface area contributed by atoms with E-state index in [1.807, 2.05) is 0 Å². The summed E-state index contributed by atoms with van der Waals surface area (Å²) in [4.78, 5) is 2.57. The second-order valence-corrected chi connectivity index (χ2v) is 6.46. The molecular weight excluding hydrogens is 300 g/mol. The Morgan fingerprint density at radius 1 is 1.47 bits per heavy atom. The van der Waals surface area contributed by atoms with E-state index in [1.54, 1.807) is 0 Å². The lowest BCUT2D eigenvalue weighted by atomic mass is 9.91. The van der Waals surface area contributed by atoms with Crippen LogP contribution in [0.4, 0.5) is 5.69 Å². The highest BCUT2D eigenvalue weighted by molar-refractivity contribution is 9.10. The molecule has 0 spiro atoms. The highest BCUT2D eigenvalue weighted by atomic mass is 79.9. The average molecular weight is 325 g/mol. The van der Waals surface area contributed by atoms with Gasteiger partial charge in [0.05, 0.1) is 0 Å². The van der Waals surface area contributed by atoms with Crippen LogP contribution in [0.1, 0.15) is 32.3 Å². The molecule has 1 saturated heterocycles. The lowest BCUT2D eigenvalue weighted by Gasteiger charge is -2.36. The van der Waals surface area contributed by atoms with Crippen molar-refractivity contribution in [3.63, 3.8) is 0 Å². The van der Waals surface area contributed by atoms with Gasteiger partial charge in [0, 0.05) is 22.7 Å². The predicted molar refractivity (Wildman–Crippen MR) is 86.8 cm³/mol. The summed E-state index contributed by atoms with van der Waals surface area (Å²) in [5.41, 5.74) is 2.51. The molecule has 3 heteroatoms. The highest BCUT2D eigenvalue weighted by Crippen LogP contribution is 2.28. The topological polar surface area (TPSA) is 15.3 Å². The van der Waals surface area contributed by atoms with Gasteiger partial charge in [-0.05, 0) is 73.3 Å². The fourth-order valence-electron chi connectivity index (χ4n) is 2.91. The van der Waals surface area contributed by atoms with Crippen LogP contribution < -0.4 is 5.32 Å². The third kappa shape index (κ3) is 3.73. The average Bonchev–Trinajstić information content (AvgIpc) is 2.44. The fourth-order valence-corrected chi connectivity index (χ4v) is 3.29. The van der Waals surface area contributed by atoms with Crippen molar-refractivity contribution in [1.82, 2.24) is 4.90 Å². The van der Waals surface area contributed by atoms with Crippen molar-refractivity contribution in [3.05, 3.63) is 28.2 Å². The number of nitrogens with one attached hydrogen (secondary N) is 1. The first-order valence-electron chi connectivity index (χ1n) is 7.35. The summed E-state index contributed by atoms with van der Waals surface area (Å²) in [6.45, 7) is 10.4. The summed E-state index contributed by atoms with van der Waals surface area (Å²) in [5.74, 6) is 0.751. The van der Waals surface area contributed by atoms with Crippen LogP contribution in [0.2, 0.25) is 0 Å². The van der Waals surface area contributed by atoms with Gasteiger partial charge in [0.25, 0.3) is 0 Å². The molecule has 2 atom stereocenters. The Morgan fingerprint density at radius 2 is 2.26 bits per heavy atom. The van der Waals surface area contributed by atoms with Crippen molar-refractivity contribution in [1.29, 1.82) is 0 Å². The summed E-state index contributed by atoms with van der Waals surface area (Å²) in [7, 11) is 0. The first-order valence-corrected chi connectivity index (χ1v) is 8.15. The molecule has 106 valence electrons. The largest absolute Gasteiger partial charge is 0.381 e. The minimum atomic E-state index is 0.521. The molecule has 1 fully saturated rings. The van der Waals surface area contributed by atoms with Crippen molar-refractivity contribution in [2.75, 3.05) is 25.0 Å². The molecule has 1 aromatic carbocycles. The molecule has 1 aliphatic rings. The summed E-state index contributed by atoms with van der Waals surface area (Å²) < 4.78 is 1.20. The molecular formula is C16H25BrN2. The molecule has 0 aromatic heterocycles. The summed E-state index contributed by atoms with van der Waals surface area (Å²) in [5, 5.41) is 3.69. The van der Waals surface area contributed by atoms with Crippen molar-refractivity contribution in [2.45, 2.75) is 39.7 Å². The van der Waals surface area contributed by atoms with E-state index in [4.69, 9.17) is 0 Å². The van der Waals surface area contributed by atoms with Crippen LogP contribution in [0.3, 0.4) is 0 Å². The fraction of sp³-hybridized carbons (Fsp3) is 0.625. The predicted octanol–water partition coefficient (Wildman–Crippen LogP) is 4.29. The van der Waals surface area contributed by atoms with E-state index in [2.05, 4.69) is 65.1 Å². The lowest BCUT2D eigenvalue weighted by Crippen LogP contribution is -2.41. The summed E-state index contributed by atoms with van der Waals surface area (Å²) >= 11 is 3.69. The zero-order valence-electron chi connectivity index (χ0n) is 12.2. The number of aryl methyl sites for hydroxylation is 1. The van der Waals surface area contributed by atoms with E-state index in [0.29, 0.717) is 6.04 Å². The molecule has 2 nitrogen and oxygen atoms in total. The summed E-state index contributed by atoms with van der Waals surface area (Å²) in [6.07, 6.45) is 2.67. The van der Waals surface area contributed by atoms with E-state index in [9.17, 15) is 0 Å². The number of rotatable bonds is 4. The first kappa shape index (κ1) is 14.9. The van der Waals surface area contributed by atoms with Gasteiger partial charge in [-0.1, -0.05) is 19.1 Å². The molecule has 19 heavy (non-hydrogen) atoms. The second-order valence-electron chi connectivity index (χ2n) is 5.67. The van der Waals surface area contributed by atoms with Gasteiger partial charge in [-0.2, -0.15) is 0 Å². The standard InChI is InChI=1S/C16H25BrN2/c1-4-19-10-6-8-14(11-19)13(3)18-15-9-5-7-12(2)16(15)17/h5,7,9,13-14,18H,4,6,8,10-11H2,1-3H3. The van der Waals surface area contributed by atoms with Crippen LogP contribution >= 0.6 is 15.9 Å². The maximum absolute atomic E-state index is 3.69. The molecule has 0 aliphatic carbocycles. The number of halogens is 1. The second kappa shape index (κ2) is 6.76. The molecule has 1 aromatic rings. The van der Waals surface area contributed by atoms with E-state index < -0.39 is 0 Å². The number of likely N-dealkylation sites (tertiary alicyclic amines) is 1. The number of hydrogen-bond donors (Lipinski definition) is 1. The Balaban J connectivity index is 2.00. The van der Waals surface area contributed by atoms with Crippen LogP contribution in [-0.4, -0.2) is 30.6 Å². The van der Waals surface area contributed by atoms with Crippen LogP contribution in [0.15, 0.2) is 22.7 Å². The Morgan fingerprint density at radius 3 is 3.00 bits per heavy atom. The van der Waals surface area contributed by atoms with Gasteiger partial charge in [-0.15, -0.1) is 0 Å². The highest BCUT2D eigenvalue weighted by Gasteiger charge is 2.24. The number of nitrogens with zero attached hydrogens (tertiary/aromatic N) is 1. The minimum Gasteiger partial charge on any atom is -0.381 e. The maximum Gasteiger partial charge on any atom is 0.0489 e. The van der Waals surface area contributed by atoms with E-state index in [0.717, 1.165) is 5.92 Å². The molecule has 0 bridgehead atoms. The van der Waals surface area contributed by atoms with Crippen molar-refractivity contribution >= 4 is 21.6 Å². The summed E-state index contributed by atoms with van der Waals surface area (Å²) in [6, 6.07) is 6.94. The number of piperidine rings is 1. The number of hydrogen-bond acceptors (Lipinski definition) is 2. The van der Waals surface area contributed by atoms with Gasteiger partial charge in [-0.3, -0.25) is 0 Å². The van der Waals surface area contributed by atoms with Crippen molar-refractivity contribution in [2.24, 2.45) is 5.92 Å². The van der Waals surface area contributed by atoms with Crippen LogP contribution in [-0.2, 0) is 0 Å². The Bertz CT molecular complexity index is 419. The Hall–Kier alpha value is -0.540. The number of benzene rings is 1. The number of anilines is 1. The van der Waals surface area contributed by atoms with Gasteiger partial charge in [0.1, 0.15) is 0 Å². The zero-order chi connectivity index (χ0) is 13.8. The molecule has 0 radical (unpaired) electrons. The Labute approximate surface area is 125 Å². The van der Waals surface area contributed by atoms with Gasteiger partial charge in [0.2, 0.25) is 0 Å². The molecule has 0 amide bonds. The van der Waals surface area contributed by atoms with Crippen molar-refractivity contribution in [3.8, 4) is 0 Å². The first-order chi connectivity index (χ1) is 9.11. The van der Waals surface area contributed by atoms with Gasteiger partial charge >= 0.3 is 0 Å². The molecule has 2 rings (SSSR count). The maximum atomic E-state index is 3.69. The third-order valence-electron chi connectivity index (χ3n) is 4.27. The Kier molecular flexibility index (Phi) is 5.28. The van der Waals surface area contributed by atoms with Gasteiger partial charge in [-0.25, -0.2) is 0 Å². The quantitative estimate of drug-likeness (QED) is 0.888. The van der Waals surface area contributed by atoms with E-state index in [-0.39, 0.29) is 0 Å². The molecule has 0 saturated carbocycles. The third-order valence-corrected chi connectivity index (χ3v) is 5.32. The SMILES string of the molecule is CCN1CCCC(C(C)Nc2cccc(C)c2Br)C1.